The molecule has 0 heterocycles. The van der Waals surface area contributed by atoms with Gasteiger partial charge in [-0.25, -0.2) is 0 Å². The van der Waals surface area contributed by atoms with Crippen molar-refractivity contribution in [2.75, 3.05) is 0 Å². The van der Waals surface area contributed by atoms with Gasteiger partial charge in [0.15, 0.2) is 0 Å². The zero-order valence-electron chi connectivity index (χ0n) is 17.5. The molecule has 0 radical (unpaired) electrons. The molecule has 0 aliphatic heterocycles. The number of hydrogen-bond acceptors (Lipinski definition) is 2. The molecule has 0 atom stereocenters. The molecule has 4 nitrogen and oxygen atoms in total. The summed E-state index contributed by atoms with van der Waals surface area (Å²) >= 11 is 0. The number of hydrogen-bond donors (Lipinski definition) is 2. The first kappa shape index (κ1) is 21.3. The molecule has 0 spiro atoms. The van der Waals surface area contributed by atoms with Crippen molar-refractivity contribution < 1.29 is 9.59 Å². The van der Waals surface area contributed by atoms with Gasteiger partial charge in [0.05, 0.1) is 12.8 Å². The van der Waals surface area contributed by atoms with Crippen LogP contribution in [-0.4, -0.2) is 11.8 Å². The van der Waals surface area contributed by atoms with Gasteiger partial charge in [0.2, 0.25) is 11.8 Å². The first-order chi connectivity index (χ1) is 14.5. The molecule has 30 heavy (non-hydrogen) atoms. The summed E-state index contributed by atoms with van der Waals surface area (Å²) in [7, 11) is 0. The third-order valence-electron chi connectivity index (χ3n) is 4.96. The summed E-state index contributed by atoms with van der Waals surface area (Å²) in [4.78, 5) is 25.3. The Morgan fingerprint density at radius 3 is 1.43 bits per heavy atom. The molecule has 0 unspecified atom stereocenters. The minimum Gasteiger partial charge on any atom is -0.332 e. The van der Waals surface area contributed by atoms with E-state index in [2.05, 4.69) is 24.5 Å². The molecule has 3 aromatic carbocycles. The van der Waals surface area contributed by atoms with E-state index in [0.29, 0.717) is 5.92 Å². The van der Waals surface area contributed by atoms with E-state index in [1.165, 1.54) is 5.56 Å². The second kappa shape index (κ2) is 10.4. The minimum atomic E-state index is -0.585. The second-order valence-electron chi connectivity index (χ2n) is 7.71. The van der Waals surface area contributed by atoms with Gasteiger partial charge in [-0.05, 0) is 28.2 Å². The summed E-state index contributed by atoms with van der Waals surface area (Å²) in [5.74, 6) is 0.135. The fraction of sp³-hybridized carbons (Fsp3) is 0.231. The Bertz CT molecular complexity index is 896. The number of nitrogens with one attached hydrogen (secondary N) is 2. The van der Waals surface area contributed by atoms with Crippen molar-refractivity contribution in [2.45, 2.75) is 38.8 Å². The van der Waals surface area contributed by atoms with Crippen molar-refractivity contribution in [1.29, 1.82) is 0 Å². The van der Waals surface area contributed by atoms with Crippen LogP contribution in [0.5, 0.6) is 0 Å². The Morgan fingerprint density at radius 2 is 1.03 bits per heavy atom. The monoisotopic (exact) mass is 400 g/mol. The highest BCUT2D eigenvalue weighted by molar-refractivity contribution is 5.82. The lowest BCUT2D eigenvalue weighted by atomic mass is 10.0. The standard InChI is InChI=1S/C26H28N2O2/c1-19(2)22-13-15-23(16-14-22)26(27-24(29)17-20-9-5-3-6-10-20)28-25(30)18-21-11-7-4-8-12-21/h3-16,19,26H,17-18H2,1-2H3,(H,27,29)(H,28,30). The summed E-state index contributed by atoms with van der Waals surface area (Å²) in [5.41, 5.74) is 3.92. The maximum atomic E-state index is 12.6. The van der Waals surface area contributed by atoms with E-state index < -0.39 is 6.17 Å². The molecule has 154 valence electrons. The van der Waals surface area contributed by atoms with Gasteiger partial charge in [-0.2, -0.15) is 0 Å². The fourth-order valence-corrected chi connectivity index (χ4v) is 3.26. The van der Waals surface area contributed by atoms with E-state index in [0.717, 1.165) is 16.7 Å². The SMILES string of the molecule is CC(C)c1ccc(C(NC(=O)Cc2ccccc2)NC(=O)Cc2ccccc2)cc1. The lowest BCUT2D eigenvalue weighted by Crippen LogP contribution is -2.42. The Balaban J connectivity index is 1.73. The van der Waals surface area contributed by atoms with E-state index in [1.807, 2.05) is 84.9 Å². The molecular formula is C26H28N2O2. The highest BCUT2D eigenvalue weighted by Gasteiger charge is 2.18. The lowest BCUT2D eigenvalue weighted by Gasteiger charge is -2.21. The van der Waals surface area contributed by atoms with Crippen LogP contribution in [0.3, 0.4) is 0 Å². The Hall–Kier alpha value is -3.40. The molecule has 0 fully saturated rings. The predicted molar refractivity (Wildman–Crippen MR) is 120 cm³/mol. The lowest BCUT2D eigenvalue weighted by molar-refractivity contribution is -0.123. The number of carbonyl (C=O) groups excluding carboxylic acids is 2. The van der Waals surface area contributed by atoms with Crippen molar-refractivity contribution in [1.82, 2.24) is 10.6 Å². The van der Waals surface area contributed by atoms with Gasteiger partial charge in [0, 0.05) is 0 Å². The highest BCUT2D eigenvalue weighted by atomic mass is 16.2. The van der Waals surface area contributed by atoms with Gasteiger partial charge in [-0.1, -0.05) is 98.8 Å². The highest BCUT2D eigenvalue weighted by Crippen LogP contribution is 2.18. The van der Waals surface area contributed by atoms with Crippen molar-refractivity contribution in [3.63, 3.8) is 0 Å². The molecule has 0 saturated heterocycles. The van der Waals surface area contributed by atoms with E-state index in [-0.39, 0.29) is 24.7 Å². The normalized spacial score (nSPS) is 10.8. The van der Waals surface area contributed by atoms with E-state index in [9.17, 15) is 9.59 Å². The molecular weight excluding hydrogens is 372 g/mol. The van der Waals surface area contributed by atoms with Crippen LogP contribution in [0, 0.1) is 0 Å². The first-order valence-electron chi connectivity index (χ1n) is 10.3. The summed E-state index contributed by atoms with van der Waals surface area (Å²) in [6.45, 7) is 4.27. The van der Waals surface area contributed by atoms with Gasteiger partial charge < -0.3 is 10.6 Å². The molecule has 0 aromatic heterocycles. The predicted octanol–water partition coefficient (Wildman–Crippen LogP) is 4.53. The maximum absolute atomic E-state index is 12.6. The summed E-state index contributed by atoms with van der Waals surface area (Å²) in [6.07, 6.45) is -0.0648. The van der Waals surface area contributed by atoms with Crippen LogP contribution in [-0.2, 0) is 22.4 Å². The molecule has 3 aromatic rings. The Kier molecular flexibility index (Phi) is 7.39. The summed E-state index contributed by atoms with van der Waals surface area (Å²) in [6, 6.07) is 27.2. The van der Waals surface area contributed by atoms with Crippen molar-refractivity contribution in [3.8, 4) is 0 Å². The number of carbonyl (C=O) groups is 2. The van der Waals surface area contributed by atoms with Gasteiger partial charge in [-0.15, -0.1) is 0 Å². The molecule has 0 aliphatic rings. The molecule has 3 rings (SSSR count). The van der Waals surface area contributed by atoms with Crippen LogP contribution >= 0.6 is 0 Å². The van der Waals surface area contributed by atoms with Crippen LogP contribution in [0.25, 0.3) is 0 Å². The van der Waals surface area contributed by atoms with E-state index in [1.54, 1.807) is 0 Å². The van der Waals surface area contributed by atoms with Gasteiger partial charge in [-0.3, -0.25) is 9.59 Å². The average molecular weight is 401 g/mol. The van der Waals surface area contributed by atoms with Crippen LogP contribution in [0.1, 0.15) is 48.2 Å². The molecule has 0 aliphatic carbocycles. The molecule has 2 N–H and O–H groups in total. The summed E-state index contributed by atoms with van der Waals surface area (Å²) in [5, 5.41) is 5.95. The Morgan fingerprint density at radius 1 is 0.633 bits per heavy atom. The molecule has 0 saturated carbocycles. The van der Waals surface area contributed by atoms with Crippen molar-refractivity contribution >= 4 is 11.8 Å². The first-order valence-corrected chi connectivity index (χ1v) is 10.3. The quantitative estimate of drug-likeness (QED) is 0.546. The minimum absolute atomic E-state index is 0.140. The third kappa shape index (κ3) is 6.31. The van der Waals surface area contributed by atoms with Crippen LogP contribution < -0.4 is 10.6 Å². The smallest absolute Gasteiger partial charge is 0.226 e. The zero-order valence-corrected chi connectivity index (χ0v) is 17.5. The average Bonchev–Trinajstić information content (AvgIpc) is 2.74. The van der Waals surface area contributed by atoms with E-state index in [4.69, 9.17) is 0 Å². The summed E-state index contributed by atoms with van der Waals surface area (Å²) < 4.78 is 0. The van der Waals surface area contributed by atoms with E-state index >= 15 is 0 Å². The second-order valence-corrected chi connectivity index (χ2v) is 7.71. The zero-order chi connectivity index (χ0) is 21.3. The van der Waals surface area contributed by atoms with Crippen LogP contribution in [0.2, 0.25) is 0 Å². The third-order valence-corrected chi connectivity index (χ3v) is 4.96. The van der Waals surface area contributed by atoms with Crippen LogP contribution in [0.15, 0.2) is 84.9 Å². The maximum Gasteiger partial charge on any atom is 0.226 e. The molecule has 4 heteroatoms. The fourth-order valence-electron chi connectivity index (χ4n) is 3.26. The van der Waals surface area contributed by atoms with Gasteiger partial charge in [0.1, 0.15) is 6.17 Å². The van der Waals surface area contributed by atoms with Gasteiger partial charge >= 0.3 is 0 Å². The number of rotatable bonds is 8. The largest absolute Gasteiger partial charge is 0.332 e. The number of benzene rings is 3. The van der Waals surface area contributed by atoms with Crippen molar-refractivity contribution in [2.24, 2.45) is 0 Å². The number of amides is 2. The van der Waals surface area contributed by atoms with Crippen LogP contribution in [0.4, 0.5) is 0 Å². The molecule has 0 bridgehead atoms. The van der Waals surface area contributed by atoms with Crippen molar-refractivity contribution in [3.05, 3.63) is 107 Å². The topological polar surface area (TPSA) is 58.2 Å². The van der Waals surface area contributed by atoms with Gasteiger partial charge in [0.25, 0.3) is 0 Å². The molecule has 2 amide bonds. The Labute approximate surface area is 178 Å².